The highest BCUT2D eigenvalue weighted by molar-refractivity contribution is 5.82. The van der Waals surface area contributed by atoms with Crippen LogP contribution in [-0.2, 0) is 20.8 Å². The van der Waals surface area contributed by atoms with Crippen molar-refractivity contribution in [1.82, 2.24) is 10.2 Å². The van der Waals surface area contributed by atoms with E-state index in [0.717, 1.165) is 13.0 Å². The van der Waals surface area contributed by atoms with Crippen molar-refractivity contribution in [2.75, 3.05) is 7.05 Å². The number of amides is 1. The highest BCUT2D eigenvalue weighted by Gasteiger charge is 2.57. The van der Waals surface area contributed by atoms with Crippen molar-refractivity contribution in [2.45, 2.75) is 70.7 Å². The van der Waals surface area contributed by atoms with Gasteiger partial charge in [0.2, 0.25) is 5.91 Å². The molecule has 5 heteroatoms. The predicted octanol–water partition coefficient (Wildman–Crippen LogP) is 2.55. The maximum absolute atomic E-state index is 12.8. The van der Waals surface area contributed by atoms with Crippen molar-refractivity contribution in [3.8, 4) is 0 Å². The molecule has 25 heavy (non-hydrogen) atoms. The number of nitrogens with zero attached hydrogens (tertiary/aromatic N) is 1. The Morgan fingerprint density at radius 3 is 2.44 bits per heavy atom. The molecule has 3 rings (SSSR count). The van der Waals surface area contributed by atoms with Crippen molar-refractivity contribution in [3.05, 3.63) is 35.9 Å². The molecule has 138 valence electrons. The average Bonchev–Trinajstić information content (AvgIpc) is 2.91. The van der Waals surface area contributed by atoms with Crippen LogP contribution in [0.25, 0.3) is 0 Å². The lowest BCUT2D eigenvalue weighted by Crippen LogP contribution is -2.65. The number of rotatable bonds is 4. The van der Waals surface area contributed by atoms with Crippen LogP contribution in [0.15, 0.2) is 30.3 Å². The van der Waals surface area contributed by atoms with Gasteiger partial charge < -0.3 is 14.8 Å². The molecule has 5 atom stereocenters. The highest BCUT2D eigenvalue weighted by atomic mass is 16.8. The zero-order chi connectivity index (χ0) is 18.2. The van der Waals surface area contributed by atoms with E-state index in [9.17, 15) is 4.79 Å². The average molecular weight is 346 g/mol. The van der Waals surface area contributed by atoms with E-state index in [0.29, 0.717) is 5.92 Å². The van der Waals surface area contributed by atoms with Gasteiger partial charge in [-0.25, -0.2) is 0 Å². The third-order valence-corrected chi connectivity index (χ3v) is 5.52. The number of hydrogen-bond acceptors (Lipinski definition) is 4. The van der Waals surface area contributed by atoms with Crippen LogP contribution in [0.4, 0.5) is 0 Å². The first-order valence-electron chi connectivity index (χ1n) is 9.25. The Labute approximate surface area is 150 Å². The fraction of sp³-hybridized carbons (Fsp3) is 0.650. The van der Waals surface area contributed by atoms with Gasteiger partial charge in [0, 0.05) is 25.6 Å². The Morgan fingerprint density at radius 1 is 1.20 bits per heavy atom. The SMILES string of the molecule is CC[C@@H]1[C@@H](C)[C@@H]2OC(C)(C)O[C@@H]2[C@@H](C(=O)NC)N1Cc1ccccc1. The molecule has 0 bridgehead atoms. The zero-order valence-electron chi connectivity index (χ0n) is 15.9. The minimum atomic E-state index is -0.656. The van der Waals surface area contributed by atoms with Crippen LogP contribution in [0.3, 0.4) is 0 Å². The number of benzene rings is 1. The van der Waals surface area contributed by atoms with E-state index in [4.69, 9.17) is 9.47 Å². The number of hydrogen-bond donors (Lipinski definition) is 1. The number of piperidine rings is 1. The van der Waals surface area contributed by atoms with Crippen molar-refractivity contribution in [3.63, 3.8) is 0 Å². The maximum atomic E-state index is 12.8. The van der Waals surface area contributed by atoms with Crippen molar-refractivity contribution in [2.24, 2.45) is 5.92 Å². The summed E-state index contributed by atoms with van der Waals surface area (Å²) in [6, 6.07) is 10.2. The molecule has 2 fully saturated rings. The fourth-order valence-corrected chi connectivity index (χ4v) is 4.45. The minimum absolute atomic E-state index is 0.00224. The summed E-state index contributed by atoms with van der Waals surface area (Å²) in [6.07, 6.45) is 0.653. The Bertz CT molecular complexity index is 604. The van der Waals surface area contributed by atoms with E-state index in [1.165, 1.54) is 5.56 Å². The van der Waals surface area contributed by atoms with Crippen molar-refractivity contribution in [1.29, 1.82) is 0 Å². The predicted molar refractivity (Wildman–Crippen MR) is 96.9 cm³/mol. The Morgan fingerprint density at radius 2 is 1.84 bits per heavy atom. The van der Waals surface area contributed by atoms with Crippen LogP contribution in [0.5, 0.6) is 0 Å². The number of likely N-dealkylation sites (tertiary alicyclic amines) is 1. The number of carbonyl (C=O) groups is 1. The lowest BCUT2D eigenvalue weighted by Gasteiger charge is -2.48. The van der Waals surface area contributed by atoms with Gasteiger partial charge in [-0.05, 0) is 25.8 Å². The summed E-state index contributed by atoms with van der Waals surface area (Å²) in [5.41, 5.74) is 1.21. The second-order valence-corrected chi connectivity index (χ2v) is 7.62. The first-order valence-corrected chi connectivity index (χ1v) is 9.25. The molecule has 0 radical (unpaired) electrons. The molecule has 2 saturated heterocycles. The Balaban J connectivity index is 1.98. The van der Waals surface area contributed by atoms with E-state index < -0.39 is 5.79 Å². The third-order valence-electron chi connectivity index (χ3n) is 5.52. The summed E-state index contributed by atoms with van der Waals surface area (Å²) in [4.78, 5) is 15.1. The summed E-state index contributed by atoms with van der Waals surface area (Å²) in [5, 5.41) is 2.83. The molecule has 1 aromatic rings. The van der Waals surface area contributed by atoms with Gasteiger partial charge in [0.1, 0.15) is 12.1 Å². The first kappa shape index (κ1) is 18.4. The second-order valence-electron chi connectivity index (χ2n) is 7.62. The second kappa shape index (κ2) is 7.06. The molecule has 0 unspecified atom stereocenters. The summed E-state index contributed by atoms with van der Waals surface area (Å²) in [5.74, 6) is -0.365. The smallest absolute Gasteiger partial charge is 0.239 e. The van der Waals surface area contributed by atoms with Crippen LogP contribution < -0.4 is 5.32 Å². The lowest BCUT2D eigenvalue weighted by atomic mass is 9.80. The van der Waals surface area contributed by atoms with Crippen LogP contribution in [0.1, 0.15) is 39.7 Å². The molecule has 5 nitrogen and oxygen atoms in total. The molecule has 2 aliphatic heterocycles. The molecule has 0 saturated carbocycles. The molecule has 1 aromatic carbocycles. The van der Waals surface area contributed by atoms with Crippen LogP contribution in [0, 0.1) is 5.92 Å². The summed E-state index contributed by atoms with van der Waals surface area (Å²) >= 11 is 0. The fourth-order valence-electron chi connectivity index (χ4n) is 4.45. The number of carbonyl (C=O) groups excluding carboxylic acids is 1. The topological polar surface area (TPSA) is 50.8 Å². The molecule has 0 aliphatic carbocycles. The minimum Gasteiger partial charge on any atom is -0.358 e. The number of likely N-dealkylation sites (N-methyl/N-ethyl adjacent to an activating group) is 1. The summed E-state index contributed by atoms with van der Waals surface area (Å²) < 4.78 is 12.4. The monoisotopic (exact) mass is 346 g/mol. The first-order chi connectivity index (χ1) is 11.9. The van der Waals surface area contributed by atoms with Crippen LogP contribution >= 0.6 is 0 Å². The van der Waals surface area contributed by atoms with Gasteiger partial charge in [0.05, 0.1) is 6.10 Å². The van der Waals surface area contributed by atoms with Gasteiger partial charge in [-0.2, -0.15) is 0 Å². The quantitative estimate of drug-likeness (QED) is 0.910. The third kappa shape index (κ3) is 3.46. The summed E-state index contributed by atoms with van der Waals surface area (Å²) in [7, 11) is 1.69. The van der Waals surface area contributed by atoms with E-state index in [1.807, 2.05) is 32.0 Å². The van der Waals surface area contributed by atoms with Gasteiger partial charge >= 0.3 is 0 Å². The number of fused-ring (bicyclic) bond motifs is 1. The van der Waals surface area contributed by atoms with E-state index in [2.05, 4.69) is 36.2 Å². The van der Waals surface area contributed by atoms with Crippen molar-refractivity contribution < 1.29 is 14.3 Å². The van der Waals surface area contributed by atoms with Gasteiger partial charge in [0.25, 0.3) is 0 Å². The van der Waals surface area contributed by atoms with E-state index >= 15 is 0 Å². The van der Waals surface area contributed by atoms with Gasteiger partial charge in [-0.15, -0.1) is 0 Å². The van der Waals surface area contributed by atoms with E-state index in [-0.39, 0.29) is 30.2 Å². The van der Waals surface area contributed by atoms with Gasteiger partial charge in [-0.1, -0.05) is 44.2 Å². The Kier molecular flexibility index (Phi) is 5.19. The molecule has 2 aliphatic rings. The number of ether oxygens (including phenoxy) is 2. The summed E-state index contributed by atoms with van der Waals surface area (Å²) in [6.45, 7) is 8.99. The highest BCUT2D eigenvalue weighted by Crippen LogP contribution is 2.42. The molecule has 1 N–H and O–H groups in total. The molecular formula is C20H30N2O3. The normalized spacial score (nSPS) is 34.5. The van der Waals surface area contributed by atoms with Crippen LogP contribution in [0.2, 0.25) is 0 Å². The standard InChI is InChI=1S/C20H30N2O3/c1-6-15-13(2)17-18(25-20(3,4)24-17)16(19(23)21-5)22(15)12-14-10-8-7-9-11-14/h7-11,13,15-18H,6,12H2,1-5H3,(H,21,23)/t13-,15-,16+,17+,18-/m1/s1. The van der Waals surface area contributed by atoms with Gasteiger partial charge in [-0.3, -0.25) is 9.69 Å². The van der Waals surface area contributed by atoms with E-state index in [1.54, 1.807) is 7.05 Å². The molecule has 0 spiro atoms. The molecule has 0 aromatic heterocycles. The van der Waals surface area contributed by atoms with Crippen LogP contribution in [-0.4, -0.2) is 47.9 Å². The van der Waals surface area contributed by atoms with Gasteiger partial charge in [0.15, 0.2) is 5.79 Å². The molecular weight excluding hydrogens is 316 g/mol. The number of nitrogens with one attached hydrogen (secondary N) is 1. The van der Waals surface area contributed by atoms with Crippen molar-refractivity contribution >= 4 is 5.91 Å². The Hall–Kier alpha value is -1.43. The molecule has 2 heterocycles. The largest absolute Gasteiger partial charge is 0.358 e. The maximum Gasteiger partial charge on any atom is 0.239 e. The lowest BCUT2D eigenvalue weighted by molar-refractivity contribution is -0.153. The zero-order valence-corrected chi connectivity index (χ0v) is 15.9. The molecule has 1 amide bonds.